The van der Waals surface area contributed by atoms with Crippen molar-refractivity contribution in [2.24, 2.45) is 0 Å². The highest BCUT2D eigenvalue weighted by Crippen LogP contribution is 2.24. The van der Waals surface area contributed by atoms with Gasteiger partial charge in [-0.25, -0.2) is 0 Å². The monoisotopic (exact) mass is 312 g/mol. The van der Waals surface area contributed by atoms with E-state index in [1.54, 1.807) is 18.2 Å². The van der Waals surface area contributed by atoms with Gasteiger partial charge in [0.05, 0.1) is 0 Å². The second-order valence-electron chi connectivity index (χ2n) is 4.90. The van der Waals surface area contributed by atoms with Gasteiger partial charge >= 0.3 is 0 Å². The van der Waals surface area contributed by atoms with E-state index in [0.717, 1.165) is 11.1 Å². The second kappa shape index (κ2) is 5.66. The number of nitrogens with zero attached hydrogens (tertiary/aromatic N) is 1. The van der Waals surface area contributed by atoms with Crippen LogP contribution in [0.3, 0.4) is 0 Å². The van der Waals surface area contributed by atoms with Crippen LogP contribution in [-0.2, 0) is 11.3 Å². The van der Waals surface area contributed by atoms with Gasteiger partial charge < -0.3 is 14.5 Å². The van der Waals surface area contributed by atoms with Gasteiger partial charge in [-0.1, -0.05) is 48.0 Å². The predicted octanol–water partition coefficient (Wildman–Crippen LogP) is 2.28. The van der Waals surface area contributed by atoms with Crippen molar-refractivity contribution in [1.82, 2.24) is 4.57 Å². The molecular weight excluding hydrogens is 302 g/mol. The Kier molecular flexibility index (Phi) is 3.69. The Morgan fingerprint density at radius 3 is 2.45 bits per heavy atom. The molecule has 3 rings (SSSR count). The highest BCUT2D eigenvalue weighted by atomic mass is 35.5. The average Bonchev–Trinajstić information content (AvgIpc) is 2.88. The normalized spacial score (nSPS) is 10.8. The molecule has 0 fully saturated rings. The van der Waals surface area contributed by atoms with E-state index in [0.29, 0.717) is 17.0 Å². The molecule has 0 saturated heterocycles. The fourth-order valence-electron chi connectivity index (χ4n) is 2.48. The molecule has 2 aromatic carbocycles. The highest BCUT2D eigenvalue weighted by Gasteiger charge is 2.16. The lowest BCUT2D eigenvalue weighted by Crippen LogP contribution is -2.31. The number of halogens is 1. The van der Waals surface area contributed by atoms with Gasteiger partial charge in [-0.2, -0.15) is 0 Å². The number of benzene rings is 2. The van der Waals surface area contributed by atoms with Crippen molar-refractivity contribution >= 4 is 34.3 Å². The number of hydrogen-bond acceptors (Lipinski definition) is 3. The molecule has 0 atom stereocenters. The van der Waals surface area contributed by atoms with Crippen LogP contribution in [-0.4, -0.2) is 16.3 Å². The number of aromatic nitrogens is 1. The zero-order valence-electron chi connectivity index (χ0n) is 11.5. The van der Waals surface area contributed by atoms with E-state index in [4.69, 9.17) is 11.6 Å². The van der Waals surface area contributed by atoms with Crippen molar-refractivity contribution < 1.29 is 14.7 Å². The quantitative estimate of drug-likeness (QED) is 0.548. The van der Waals surface area contributed by atoms with Crippen molar-refractivity contribution in [2.45, 2.75) is 6.54 Å². The summed E-state index contributed by atoms with van der Waals surface area (Å²) in [4.78, 5) is 22.7. The van der Waals surface area contributed by atoms with Crippen LogP contribution in [0.25, 0.3) is 10.9 Å². The first kappa shape index (κ1) is 14.4. The van der Waals surface area contributed by atoms with Gasteiger partial charge in [0.1, 0.15) is 5.97 Å². The lowest BCUT2D eigenvalue weighted by Gasteiger charge is -2.07. The number of fused-ring (bicyclic) bond motifs is 1. The van der Waals surface area contributed by atoms with Crippen LogP contribution < -0.4 is 5.11 Å². The summed E-state index contributed by atoms with van der Waals surface area (Å²) in [6.45, 7) is 0.445. The van der Waals surface area contributed by atoms with E-state index in [1.165, 1.54) is 6.20 Å². The maximum absolute atomic E-state index is 11.8. The largest absolute Gasteiger partial charge is 0.541 e. The van der Waals surface area contributed by atoms with Crippen LogP contribution in [0.4, 0.5) is 0 Å². The smallest absolute Gasteiger partial charge is 0.210 e. The summed E-state index contributed by atoms with van der Waals surface area (Å²) < 4.78 is 1.81. The minimum Gasteiger partial charge on any atom is -0.541 e. The van der Waals surface area contributed by atoms with Gasteiger partial charge in [-0.05, 0) is 17.7 Å². The number of carbonyl (C=O) groups is 2. The Bertz CT molecular complexity index is 882. The number of carboxylic acid groups (broad SMARTS) is 1. The number of carboxylic acids is 1. The van der Waals surface area contributed by atoms with Crippen molar-refractivity contribution in [3.63, 3.8) is 0 Å². The summed E-state index contributed by atoms with van der Waals surface area (Å²) in [6.07, 6.45) is 1.53. The van der Waals surface area contributed by atoms with Crippen LogP contribution >= 0.6 is 11.6 Å². The third-order valence-electron chi connectivity index (χ3n) is 3.52. The molecular formula is C17H11ClNO3-. The maximum atomic E-state index is 11.8. The van der Waals surface area contributed by atoms with Crippen molar-refractivity contribution in [3.05, 3.63) is 70.9 Å². The van der Waals surface area contributed by atoms with Crippen LogP contribution in [0.15, 0.2) is 54.7 Å². The number of rotatable bonds is 4. The Balaban J connectivity index is 2.13. The Labute approximate surface area is 131 Å². The first-order chi connectivity index (χ1) is 10.6. The summed E-state index contributed by atoms with van der Waals surface area (Å²) in [5.41, 5.74) is 1.78. The molecule has 0 aliphatic carbocycles. The van der Waals surface area contributed by atoms with E-state index in [1.807, 2.05) is 34.9 Å². The van der Waals surface area contributed by atoms with Gasteiger partial charge in [-0.15, -0.1) is 0 Å². The summed E-state index contributed by atoms with van der Waals surface area (Å²) >= 11 is 6.16. The number of carbonyl (C=O) groups excluding carboxylic acids is 2. The molecule has 0 radical (unpaired) electrons. The standard InChI is InChI=1S/C17H12ClNO3/c18-14-7-3-1-5-11(14)9-19-10-13(16(20)17(21)22)12-6-2-4-8-15(12)19/h1-8,10H,9H2,(H,21,22)/p-1. The highest BCUT2D eigenvalue weighted by molar-refractivity contribution is 6.41. The number of ketones is 1. The lowest BCUT2D eigenvalue weighted by atomic mass is 10.1. The molecule has 0 aliphatic rings. The molecule has 0 N–H and O–H groups in total. The first-order valence-electron chi connectivity index (χ1n) is 6.65. The summed E-state index contributed by atoms with van der Waals surface area (Å²) in [6, 6.07) is 14.5. The molecule has 0 unspecified atom stereocenters. The lowest BCUT2D eigenvalue weighted by molar-refractivity contribution is -0.296. The third-order valence-corrected chi connectivity index (χ3v) is 3.89. The molecule has 0 bridgehead atoms. The number of Topliss-reactive ketones (excluding diaryl/α,β-unsaturated/α-hetero) is 1. The predicted molar refractivity (Wildman–Crippen MR) is 81.8 cm³/mol. The SMILES string of the molecule is O=C([O-])C(=O)c1cn(Cc2ccccc2Cl)c2ccccc12. The minimum absolute atomic E-state index is 0.127. The fraction of sp³-hybridized carbons (Fsp3) is 0.0588. The van der Waals surface area contributed by atoms with E-state index in [2.05, 4.69) is 0 Å². The Hall–Kier alpha value is -2.59. The number of para-hydroxylation sites is 1. The molecule has 3 aromatic rings. The van der Waals surface area contributed by atoms with Crippen LogP contribution in [0.1, 0.15) is 15.9 Å². The van der Waals surface area contributed by atoms with Crippen molar-refractivity contribution in [1.29, 1.82) is 0 Å². The molecule has 5 heteroatoms. The van der Waals surface area contributed by atoms with Crippen LogP contribution in [0, 0.1) is 0 Å². The number of hydrogen-bond donors (Lipinski definition) is 0. The summed E-state index contributed by atoms with van der Waals surface area (Å²) in [5, 5.41) is 12.1. The van der Waals surface area contributed by atoms with Crippen molar-refractivity contribution in [2.75, 3.05) is 0 Å². The van der Waals surface area contributed by atoms with Gasteiger partial charge in [-0.3, -0.25) is 4.79 Å². The van der Waals surface area contributed by atoms with Crippen LogP contribution in [0.2, 0.25) is 5.02 Å². The van der Waals surface area contributed by atoms with Gasteiger partial charge in [0.15, 0.2) is 0 Å². The third kappa shape index (κ3) is 2.49. The zero-order chi connectivity index (χ0) is 15.7. The number of aliphatic carboxylic acids is 1. The molecule has 110 valence electrons. The van der Waals surface area contributed by atoms with E-state index < -0.39 is 11.8 Å². The molecule has 0 saturated carbocycles. The van der Waals surface area contributed by atoms with E-state index in [-0.39, 0.29) is 5.56 Å². The van der Waals surface area contributed by atoms with Gasteiger partial charge in [0.25, 0.3) is 0 Å². The summed E-state index contributed by atoms with van der Waals surface area (Å²) in [7, 11) is 0. The average molecular weight is 313 g/mol. The van der Waals surface area contributed by atoms with E-state index in [9.17, 15) is 14.7 Å². The fourth-order valence-corrected chi connectivity index (χ4v) is 2.67. The molecule has 22 heavy (non-hydrogen) atoms. The van der Waals surface area contributed by atoms with Crippen molar-refractivity contribution in [3.8, 4) is 0 Å². The molecule has 1 aromatic heterocycles. The Morgan fingerprint density at radius 1 is 1.05 bits per heavy atom. The minimum atomic E-state index is -1.71. The molecule has 0 amide bonds. The molecule has 1 heterocycles. The molecule has 0 aliphatic heterocycles. The topological polar surface area (TPSA) is 62.1 Å². The molecule has 0 spiro atoms. The summed E-state index contributed by atoms with van der Waals surface area (Å²) in [5.74, 6) is -2.73. The van der Waals surface area contributed by atoms with Gasteiger partial charge in [0, 0.05) is 34.2 Å². The maximum Gasteiger partial charge on any atom is 0.210 e. The first-order valence-corrected chi connectivity index (χ1v) is 7.02. The zero-order valence-corrected chi connectivity index (χ0v) is 12.2. The van der Waals surface area contributed by atoms with E-state index >= 15 is 0 Å². The Morgan fingerprint density at radius 2 is 1.73 bits per heavy atom. The second-order valence-corrected chi connectivity index (χ2v) is 5.30. The molecule has 4 nitrogen and oxygen atoms in total. The van der Waals surface area contributed by atoms with Gasteiger partial charge in [0.2, 0.25) is 5.78 Å². The van der Waals surface area contributed by atoms with Crippen LogP contribution in [0.5, 0.6) is 0 Å².